The molecule has 0 aliphatic heterocycles. The van der Waals surface area contributed by atoms with E-state index in [0.29, 0.717) is 12.3 Å². The Hall–Kier alpha value is -0.590. The Morgan fingerprint density at radius 2 is 1.92 bits per heavy atom. The Kier molecular flexibility index (Phi) is 4.22. The predicted molar refractivity (Wildman–Crippen MR) is 53.1 cm³/mol. The summed E-state index contributed by atoms with van der Waals surface area (Å²) in [5.74, 6) is 0.641. The molecule has 0 aromatic rings. The maximum absolute atomic E-state index is 10.7. The highest BCUT2D eigenvalue weighted by atomic mass is 16.1. The van der Waals surface area contributed by atoms with E-state index in [2.05, 4.69) is 39.8 Å². The molecule has 0 radical (unpaired) electrons. The minimum atomic E-state index is 0.227. The largest absolute Gasteiger partial charge is 0.300 e. The van der Waals surface area contributed by atoms with Gasteiger partial charge in [0.15, 0.2) is 0 Å². The average molecular weight is 168 g/mol. The molecule has 0 heterocycles. The second-order valence-electron chi connectivity index (χ2n) is 4.61. The standard InChI is InChI=1S/C11H20O/c1-9(8-10(2)12)6-7-11(3,4)5/h6-7,9H,8H2,1-5H3/b7-6-. The third-order valence-corrected chi connectivity index (χ3v) is 1.53. The molecule has 70 valence electrons. The highest BCUT2D eigenvalue weighted by molar-refractivity contribution is 5.75. The Balaban J connectivity index is 3.91. The molecule has 0 saturated heterocycles. The van der Waals surface area contributed by atoms with Gasteiger partial charge in [0.05, 0.1) is 0 Å². The molecule has 0 aromatic carbocycles. The molecular formula is C11H20O. The van der Waals surface area contributed by atoms with Crippen LogP contribution in [-0.4, -0.2) is 5.78 Å². The summed E-state index contributed by atoms with van der Waals surface area (Å²) in [5.41, 5.74) is 0.227. The Bertz CT molecular complexity index is 172. The molecule has 1 unspecified atom stereocenters. The molecule has 1 heteroatoms. The third kappa shape index (κ3) is 7.52. The summed E-state index contributed by atoms with van der Waals surface area (Å²) in [6, 6.07) is 0. The molecule has 0 N–H and O–H groups in total. The van der Waals surface area contributed by atoms with Gasteiger partial charge in [-0.25, -0.2) is 0 Å². The lowest BCUT2D eigenvalue weighted by molar-refractivity contribution is -0.117. The number of carbonyl (C=O) groups excluding carboxylic acids is 1. The maximum Gasteiger partial charge on any atom is 0.130 e. The molecule has 0 bridgehead atoms. The van der Waals surface area contributed by atoms with Crippen LogP contribution in [0.25, 0.3) is 0 Å². The van der Waals surface area contributed by atoms with E-state index < -0.39 is 0 Å². The topological polar surface area (TPSA) is 17.1 Å². The van der Waals surface area contributed by atoms with Crippen LogP contribution in [0.5, 0.6) is 0 Å². The number of carbonyl (C=O) groups is 1. The molecule has 0 amide bonds. The van der Waals surface area contributed by atoms with E-state index in [-0.39, 0.29) is 11.2 Å². The van der Waals surface area contributed by atoms with Crippen molar-refractivity contribution >= 4 is 5.78 Å². The molecule has 0 aliphatic carbocycles. The number of rotatable bonds is 3. The van der Waals surface area contributed by atoms with Gasteiger partial charge < -0.3 is 4.79 Å². The normalized spacial score (nSPS) is 15.1. The summed E-state index contributed by atoms with van der Waals surface area (Å²) in [5, 5.41) is 0. The predicted octanol–water partition coefficient (Wildman–Crippen LogP) is 3.20. The smallest absolute Gasteiger partial charge is 0.130 e. The van der Waals surface area contributed by atoms with Crippen LogP contribution in [-0.2, 0) is 4.79 Å². The monoisotopic (exact) mass is 168 g/mol. The van der Waals surface area contributed by atoms with Crippen molar-refractivity contribution in [2.75, 3.05) is 0 Å². The number of Topliss-reactive ketones (excluding diaryl/α,β-unsaturated/α-hetero) is 1. The quantitative estimate of drug-likeness (QED) is 0.591. The highest BCUT2D eigenvalue weighted by Crippen LogP contribution is 2.17. The van der Waals surface area contributed by atoms with Crippen molar-refractivity contribution in [3.8, 4) is 0 Å². The van der Waals surface area contributed by atoms with Crippen molar-refractivity contribution in [2.45, 2.75) is 41.0 Å². The fourth-order valence-electron chi connectivity index (χ4n) is 0.974. The van der Waals surface area contributed by atoms with Gasteiger partial charge in [0.2, 0.25) is 0 Å². The van der Waals surface area contributed by atoms with E-state index in [1.165, 1.54) is 0 Å². The molecular weight excluding hydrogens is 148 g/mol. The van der Waals surface area contributed by atoms with Gasteiger partial charge in [0, 0.05) is 6.42 Å². The summed E-state index contributed by atoms with van der Waals surface area (Å²) < 4.78 is 0. The summed E-state index contributed by atoms with van der Waals surface area (Å²) in [7, 11) is 0. The fraction of sp³-hybridized carbons (Fsp3) is 0.727. The lowest BCUT2D eigenvalue weighted by Gasteiger charge is -2.12. The number of ketones is 1. The Labute approximate surface area is 75.9 Å². The van der Waals surface area contributed by atoms with Crippen LogP contribution < -0.4 is 0 Å². The van der Waals surface area contributed by atoms with E-state index in [4.69, 9.17) is 0 Å². The third-order valence-electron chi connectivity index (χ3n) is 1.53. The summed E-state index contributed by atoms with van der Waals surface area (Å²) in [6.45, 7) is 10.2. The SMILES string of the molecule is CC(=O)CC(C)/C=C\C(C)(C)C. The Morgan fingerprint density at radius 1 is 1.42 bits per heavy atom. The van der Waals surface area contributed by atoms with Crippen LogP contribution in [0.2, 0.25) is 0 Å². The van der Waals surface area contributed by atoms with Gasteiger partial charge in [0.25, 0.3) is 0 Å². The summed E-state index contributed by atoms with van der Waals surface area (Å²) >= 11 is 0. The summed E-state index contributed by atoms with van der Waals surface area (Å²) in [6.07, 6.45) is 4.95. The summed E-state index contributed by atoms with van der Waals surface area (Å²) in [4.78, 5) is 10.7. The van der Waals surface area contributed by atoms with Crippen molar-refractivity contribution < 1.29 is 4.79 Å². The van der Waals surface area contributed by atoms with E-state index in [1.807, 2.05) is 0 Å². The molecule has 0 aromatic heterocycles. The molecule has 0 rings (SSSR count). The van der Waals surface area contributed by atoms with Crippen LogP contribution in [0.3, 0.4) is 0 Å². The lowest BCUT2D eigenvalue weighted by atomic mass is 9.93. The number of allylic oxidation sites excluding steroid dienone is 2. The zero-order valence-electron chi connectivity index (χ0n) is 8.85. The first-order valence-corrected chi connectivity index (χ1v) is 4.50. The average Bonchev–Trinajstić information content (AvgIpc) is 1.80. The van der Waals surface area contributed by atoms with E-state index >= 15 is 0 Å². The lowest BCUT2D eigenvalue weighted by Crippen LogP contribution is -2.02. The van der Waals surface area contributed by atoms with Gasteiger partial charge in [-0.15, -0.1) is 0 Å². The first-order chi connectivity index (χ1) is 5.31. The first-order valence-electron chi connectivity index (χ1n) is 4.50. The molecule has 0 fully saturated rings. The van der Waals surface area contributed by atoms with Crippen LogP contribution in [0.4, 0.5) is 0 Å². The first kappa shape index (κ1) is 11.4. The molecule has 0 spiro atoms. The van der Waals surface area contributed by atoms with Gasteiger partial charge >= 0.3 is 0 Å². The van der Waals surface area contributed by atoms with Crippen molar-refractivity contribution in [3.05, 3.63) is 12.2 Å². The molecule has 0 saturated carbocycles. The minimum Gasteiger partial charge on any atom is -0.300 e. The van der Waals surface area contributed by atoms with Crippen molar-refractivity contribution in [3.63, 3.8) is 0 Å². The molecule has 12 heavy (non-hydrogen) atoms. The van der Waals surface area contributed by atoms with Crippen LogP contribution in [0.1, 0.15) is 41.0 Å². The van der Waals surface area contributed by atoms with E-state index in [9.17, 15) is 4.79 Å². The van der Waals surface area contributed by atoms with Crippen LogP contribution >= 0.6 is 0 Å². The number of hydrogen-bond acceptors (Lipinski definition) is 1. The van der Waals surface area contributed by atoms with Crippen LogP contribution in [0, 0.1) is 11.3 Å². The van der Waals surface area contributed by atoms with Crippen molar-refractivity contribution in [1.82, 2.24) is 0 Å². The van der Waals surface area contributed by atoms with Gasteiger partial charge in [-0.2, -0.15) is 0 Å². The van der Waals surface area contributed by atoms with Gasteiger partial charge in [-0.1, -0.05) is 39.8 Å². The molecule has 1 nitrogen and oxygen atoms in total. The zero-order valence-corrected chi connectivity index (χ0v) is 8.85. The van der Waals surface area contributed by atoms with Crippen molar-refractivity contribution in [2.24, 2.45) is 11.3 Å². The molecule has 0 aliphatic rings. The zero-order chi connectivity index (χ0) is 9.78. The van der Waals surface area contributed by atoms with E-state index in [0.717, 1.165) is 0 Å². The fourth-order valence-corrected chi connectivity index (χ4v) is 0.974. The van der Waals surface area contributed by atoms with Crippen molar-refractivity contribution in [1.29, 1.82) is 0 Å². The second kappa shape index (κ2) is 4.44. The highest BCUT2D eigenvalue weighted by Gasteiger charge is 2.06. The molecule has 1 atom stereocenters. The van der Waals surface area contributed by atoms with Gasteiger partial charge in [-0.3, -0.25) is 0 Å². The minimum absolute atomic E-state index is 0.227. The van der Waals surface area contributed by atoms with E-state index in [1.54, 1.807) is 6.92 Å². The van der Waals surface area contributed by atoms with Gasteiger partial charge in [-0.05, 0) is 18.3 Å². The maximum atomic E-state index is 10.7. The number of hydrogen-bond donors (Lipinski definition) is 0. The Morgan fingerprint density at radius 3 is 2.25 bits per heavy atom. The van der Waals surface area contributed by atoms with Gasteiger partial charge in [0.1, 0.15) is 5.78 Å². The van der Waals surface area contributed by atoms with Crippen LogP contribution in [0.15, 0.2) is 12.2 Å². The second-order valence-corrected chi connectivity index (χ2v) is 4.61.